The van der Waals surface area contributed by atoms with Gasteiger partial charge in [-0.3, -0.25) is 14.5 Å². The number of hydrogen-bond acceptors (Lipinski definition) is 5. The molecule has 0 unspecified atom stereocenters. The average Bonchev–Trinajstić information content (AvgIpc) is 2.53. The third kappa shape index (κ3) is 7.97. The van der Waals surface area contributed by atoms with Crippen molar-refractivity contribution in [1.29, 1.82) is 0 Å². The number of amides is 1. The van der Waals surface area contributed by atoms with Crippen LogP contribution in [0.3, 0.4) is 0 Å². The molecule has 0 radical (unpaired) electrons. The molecule has 0 fully saturated rings. The Labute approximate surface area is 152 Å². The van der Waals surface area contributed by atoms with Crippen LogP contribution in [0.1, 0.15) is 13.3 Å². The topological polar surface area (TPSA) is 67.9 Å². The summed E-state index contributed by atoms with van der Waals surface area (Å²) < 4.78 is 9.95. The highest BCUT2D eigenvalue weighted by atomic mass is 35.5. The van der Waals surface area contributed by atoms with Gasteiger partial charge in [-0.05, 0) is 25.1 Å². The van der Waals surface area contributed by atoms with Crippen molar-refractivity contribution in [3.63, 3.8) is 0 Å². The molecule has 0 saturated heterocycles. The van der Waals surface area contributed by atoms with E-state index in [0.717, 1.165) is 0 Å². The highest BCUT2D eigenvalue weighted by molar-refractivity contribution is 6.35. The number of carbonyl (C=O) groups excluding carboxylic acids is 2. The lowest BCUT2D eigenvalue weighted by Crippen LogP contribution is -2.36. The van der Waals surface area contributed by atoms with Gasteiger partial charge in [0.15, 0.2) is 0 Å². The molecule has 1 amide bonds. The molecule has 0 aliphatic carbocycles. The quantitative estimate of drug-likeness (QED) is 0.635. The predicted molar refractivity (Wildman–Crippen MR) is 94.7 cm³/mol. The highest BCUT2D eigenvalue weighted by Gasteiger charge is 2.14. The number of nitrogens with one attached hydrogen (secondary N) is 1. The van der Waals surface area contributed by atoms with Gasteiger partial charge in [-0.15, -0.1) is 0 Å². The van der Waals surface area contributed by atoms with E-state index in [4.69, 9.17) is 32.7 Å². The third-order valence-electron chi connectivity index (χ3n) is 3.13. The molecule has 0 atom stereocenters. The molecular formula is C16H22Cl2N2O4. The number of esters is 1. The summed E-state index contributed by atoms with van der Waals surface area (Å²) in [5, 5.41) is 3.61. The second kappa shape index (κ2) is 11.3. The van der Waals surface area contributed by atoms with Gasteiger partial charge in [0.2, 0.25) is 5.91 Å². The van der Waals surface area contributed by atoms with Crippen LogP contribution in [0.2, 0.25) is 10.0 Å². The van der Waals surface area contributed by atoms with E-state index in [-0.39, 0.29) is 24.8 Å². The lowest BCUT2D eigenvalue weighted by molar-refractivity contribution is -0.144. The summed E-state index contributed by atoms with van der Waals surface area (Å²) in [6, 6.07) is 4.85. The van der Waals surface area contributed by atoms with Gasteiger partial charge in [0, 0.05) is 31.6 Å². The summed E-state index contributed by atoms with van der Waals surface area (Å²) in [6.07, 6.45) is 0.200. The van der Waals surface area contributed by atoms with Crippen molar-refractivity contribution in [2.75, 3.05) is 45.3 Å². The molecule has 0 saturated carbocycles. The number of hydrogen-bond donors (Lipinski definition) is 1. The maximum absolute atomic E-state index is 12.1. The van der Waals surface area contributed by atoms with Gasteiger partial charge in [0.25, 0.3) is 0 Å². The van der Waals surface area contributed by atoms with E-state index in [0.29, 0.717) is 42.0 Å². The van der Waals surface area contributed by atoms with Gasteiger partial charge in [-0.1, -0.05) is 23.2 Å². The number of benzene rings is 1. The van der Waals surface area contributed by atoms with Crippen LogP contribution in [-0.2, 0) is 19.1 Å². The van der Waals surface area contributed by atoms with E-state index in [1.165, 1.54) is 0 Å². The smallest absolute Gasteiger partial charge is 0.320 e. The maximum Gasteiger partial charge on any atom is 0.320 e. The zero-order valence-corrected chi connectivity index (χ0v) is 15.3. The molecule has 1 N–H and O–H groups in total. The average molecular weight is 377 g/mol. The lowest BCUT2D eigenvalue weighted by atomic mass is 10.3. The molecule has 0 aromatic heterocycles. The normalized spacial score (nSPS) is 10.7. The molecule has 0 spiro atoms. The number of rotatable bonds is 10. The monoisotopic (exact) mass is 376 g/mol. The fourth-order valence-electron chi connectivity index (χ4n) is 1.95. The van der Waals surface area contributed by atoms with E-state index in [9.17, 15) is 9.59 Å². The van der Waals surface area contributed by atoms with E-state index >= 15 is 0 Å². The molecule has 6 nitrogen and oxygen atoms in total. The van der Waals surface area contributed by atoms with Crippen molar-refractivity contribution in [3.05, 3.63) is 28.2 Å². The minimum absolute atomic E-state index is 0.113. The number of nitrogens with zero attached hydrogens (tertiary/aromatic N) is 1. The van der Waals surface area contributed by atoms with Crippen LogP contribution in [0.25, 0.3) is 0 Å². The summed E-state index contributed by atoms with van der Waals surface area (Å²) in [5.74, 6) is -0.544. The standard InChI is InChI=1S/C16H22Cl2N2O4/c1-3-24-16(22)11-20(8-9-23-2)7-6-15(21)19-14-10-12(17)4-5-13(14)18/h4-5,10H,3,6-9,11H2,1-2H3,(H,19,21). The zero-order valence-electron chi connectivity index (χ0n) is 13.8. The molecule has 24 heavy (non-hydrogen) atoms. The second-order valence-electron chi connectivity index (χ2n) is 5.00. The molecule has 8 heteroatoms. The van der Waals surface area contributed by atoms with Crippen molar-refractivity contribution in [2.45, 2.75) is 13.3 Å². The van der Waals surface area contributed by atoms with Gasteiger partial charge in [0.05, 0.1) is 30.5 Å². The first-order chi connectivity index (χ1) is 11.5. The van der Waals surface area contributed by atoms with Crippen molar-refractivity contribution >= 4 is 40.8 Å². The Morgan fingerprint density at radius 1 is 1.25 bits per heavy atom. The summed E-state index contributed by atoms with van der Waals surface area (Å²) in [6.45, 7) is 3.57. The number of carbonyl (C=O) groups is 2. The minimum Gasteiger partial charge on any atom is -0.465 e. The first-order valence-electron chi connectivity index (χ1n) is 7.58. The van der Waals surface area contributed by atoms with Crippen LogP contribution in [0.5, 0.6) is 0 Å². The predicted octanol–water partition coefficient (Wildman–Crippen LogP) is 2.83. The van der Waals surface area contributed by atoms with E-state index < -0.39 is 0 Å². The summed E-state index contributed by atoms with van der Waals surface area (Å²) in [4.78, 5) is 25.5. The zero-order chi connectivity index (χ0) is 17.9. The largest absolute Gasteiger partial charge is 0.465 e. The molecule has 0 aliphatic heterocycles. The third-order valence-corrected chi connectivity index (χ3v) is 3.69. The Balaban J connectivity index is 2.53. The van der Waals surface area contributed by atoms with Gasteiger partial charge in [0.1, 0.15) is 0 Å². The van der Waals surface area contributed by atoms with Crippen molar-refractivity contribution in [2.24, 2.45) is 0 Å². The van der Waals surface area contributed by atoms with Gasteiger partial charge < -0.3 is 14.8 Å². The number of halogens is 2. The Bertz CT molecular complexity index is 555. The highest BCUT2D eigenvalue weighted by Crippen LogP contribution is 2.25. The maximum atomic E-state index is 12.1. The molecule has 134 valence electrons. The van der Waals surface area contributed by atoms with Crippen LogP contribution in [0.4, 0.5) is 5.69 Å². The Kier molecular flexibility index (Phi) is 9.71. The van der Waals surface area contributed by atoms with Crippen molar-refractivity contribution < 1.29 is 19.1 Å². The van der Waals surface area contributed by atoms with Gasteiger partial charge >= 0.3 is 5.97 Å². The molecule has 1 rings (SSSR count). The molecule has 1 aromatic rings. The molecule has 0 heterocycles. The first kappa shape index (κ1) is 20.7. The van der Waals surface area contributed by atoms with E-state index in [2.05, 4.69) is 5.32 Å². The van der Waals surface area contributed by atoms with Crippen molar-refractivity contribution in [1.82, 2.24) is 4.90 Å². The van der Waals surface area contributed by atoms with Gasteiger partial charge in [-0.2, -0.15) is 0 Å². The van der Waals surface area contributed by atoms with Crippen molar-refractivity contribution in [3.8, 4) is 0 Å². The SMILES string of the molecule is CCOC(=O)CN(CCOC)CCC(=O)Nc1cc(Cl)ccc1Cl. The van der Waals surface area contributed by atoms with E-state index in [1.807, 2.05) is 0 Å². The minimum atomic E-state index is -0.327. The fourth-order valence-corrected chi connectivity index (χ4v) is 2.28. The lowest BCUT2D eigenvalue weighted by Gasteiger charge is -2.20. The summed E-state index contributed by atoms with van der Waals surface area (Å²) in [5.41, 5.74) is 0.461. The van der Waals surface area contributed by atoms with Crippen LogP contribution >= 0.6 is 23.2 Å². The van der Waals surface area contributed by atoms with E-state index in [1.54, 1.807) is 37.1 Å². The van der Waals surface area contributed by atoms with Crippen LogP contribution in [-0.4, -0.2) is 56.7 Å². The Morgan fingerprint density at radius 3 is 2.67 bits per heavy atom. The van der Waals surface area contributed by atoms with Crippen LogP contribution < -0.4 is 5.32 Å². The summed E-state index contributed by atoms with van der Waals surface area (Å²) in [7, 11) is 1.58. The van der Waals surface area contributed by atoms with Gasteiger partial charge in [-0.25, -0.2) is 0 Å². The molecular weight excluding hydrogens is 355 g/mol. The Hall–Kier alpha value is -1.34. The fraction of sp³-hybridized carbons (Fsp3) is 0.500. The van der Waals surface area contributed by atoms with Crippen LogP contribution in [0.15, 0.2) is 18.2 Å². The van der Waals surface area contributed by atoms with Crippen LogP contribution in [0, 0.1) is 0 Å². The molecule has 0 aliphatic rings. The number of anilines is 1. The molecule has 1 aromatic carbocycles. The number of ether oxygens (including phenoxy) is 2. The summed E-state index contributed by atoms with van der Waals surface area (Å²) >= 11 is 11.9. The Morgan fingerprint density at radius 2 is 2.00 bits per heavy atom. The first-order valence-corrected chi connectivity index (χ1v) is 8.33. The second-order valence-corrected chi connectivity index (χ2v) is 5.84. The molecule has 0 bridgehead atoms. The number of methoxy groups -OCH3 is 1.